The highest BCUT2D eigenvalue weighted by Gasteiger charge is 2.36. The van der Waals surface area contributed by atoms with Crippen LogP contribution in [0.1, 0.15) is 22.3 Å². The molecule has 0 spiro atoms. The molecule has 4 aromatic rings. The number of hydrogen-bond donors (Lipinski definition) is 1. The standard InChI is InChI=1S/C36H40NO10P/c1-37(36(40)44-25-31-18-10-4-11-19-31)34(35(39)43-24-30-16-8-3-9-17-30)28-47-48(41,45-26-32-20-12-5-13-21-32)46-27-33(22-38)42-23-29-14-6-2-7-15-29/h2-21,33-34,38H,22-28H2,1H3/t33-,34+,48?/m1/s1. The molecule has 4 rings (SSSR count). The molecule has 0 saturated heterocycles. The summed E-state index contributed by atoms with van der Waals surface area (Å²) < 4.78 is 47.7. The highest BCUT2D eigenvalue weighted by atomic mass is 31.2. The molecule has 1 amide bonds. The molecule has 0 aromatic heterocycles. The second kappa shape index (κ2) is 19.5. The monoisotopic (exact) mass is 677 g/mol. The van der Waals surface area contributed by atoms with Crippen molar-refractivity contribution in [2.24, 2.45) is 0 Å². The summed E-state index contributed by atoms with van der Waals surface area (Å²) in [4.78, 5) is 27.5. The fourth-order valence-corrected chi connectivity index (χ4v) is 5.43. The molecule has 1 unspecified atom stereocenters. The summed E-state index contributed by atoms with van der Waals surface area (Å²) in [6.07, 6.45) is -1.70. The van der Waals surface area contributed by atoms with Gasteiger partial charge in [-0.1, -0.05) is 121 Å². The van der Waals surface area contributed by atoms with Crippen molar-refractivity contribution in [3.8, 4) is 0 Å². The molecular weight excluding hydrogens is 637 g/mol. The van der Waals surface area contributed by atoms with Gasteiger partial charge < -0.3 is 19.3 Å². The Bertz CT molecular complexity index is 1560. The summed E-state index contributed by atoms with van der Waals surface area (Å²) in [7, 11) is -3.08. The third kappa shape index (κ3) is 12.4. The van der Waals surface area contributed by atoms with Gasteiger partial charge in [0.1, 0.15) is 19.3 Å². The van der Waals surface area contributed by atoms with Gasteiger partial charge in [0.25, 0.3) is 0 Å². The Kier molecular flexibility index (Phi) is 14.8. The molecule has 0 fully saturated rings. The van der Waals surface area contributed by atoms with Crippen molar-refractivity contribution in [3.05, 3.63) is 144 Å². The van der Waals surface area contributed by atoms with E-state index in [0.29, 0.717) is 5.56 Å². The van der Waals surface area contributed by atoms with Gasteiger partial charge in [0.05, 0.1) is 33.0 Å². The van der Waals surface area contributed by atoms with Crippen LogP contribution >= 0.6 is 7.82 Å². The van der Waals surface area contributed by atoms with Crippen molar-refractivity contribution in [1.29, 1.82) is 0 Å². The lowest BCUT2D eigenvalue weighted by atomic mass is 10.2. The summed E-state index contributed by atoms with van der Waals surface area (Å²) in [6, 6.07) is 34.9. The fraction of sp³-hybridized carbons (Fsp3) is 0.278. The van der Waals surface area contributed by atoms with Gasteiger partial charge in [-0.15, -0.1) is 0 Å². The number of carbonyl (C=O) groups excluding carboxylic acids is 2. The van der Waals surface area contributed by atoms with Crippen LogP contribution in [0.4, 0.5) is 4.79 Å². The topological polar surface area (TPSA) is 130 Å². The molecule has 4 aromatic carbocycles. The first-order chi connectivity index (χ1) is 23.3. The Balaban J connectivity index is 1.47. The minimum Gasteiger partial charge on any atom is -0.459 e. The Labute approximate surface area is 280 Å². The largest absolute Gasteiger partial charge is 0.475 e. The van der Waals surface area contributed by atoms with E-state index in [0.717, 1.165) is 21.6 Å². The summed E-state index contributed by atoms with van der Waals surface area (Å²) in [6.45, 7) is -1.49. The van der Waals surface area contributed by atoms with E-state index in [1.54, 1.807) is 60.7 Å². The number of phosphoric acid groups is 1. The first-order valence-corrected chi connectivity index (χ1v) is 16.8. The molecule has 0 heterocycles. The van der Waals surface area contributed by atoms with Crippen molar-refractivity contribution in [2.45, 2.75) is 38.6 Å². The van der Waals surface area contributed by atoms with E-state index in [1.807, 2.05) is 60.7 Å². The Morgan fingerprint density at radius 3 is 1.56 bits per heavy atom. The van der Waals surface area contributed by atoms with Crippen molar-refractivity contribution < 1.29 is 47.0 Å². The van der Waals surface area contributed by atoms with Crippen molar-refractivity contribution in [2.75, 3.05) is 26.9 Å². The zero-order valence-electron chi connectivity index (χ0n) is 26.7. The van der Waals surface area contributed by atoms with E-state index < -0.39 is 45.2 Å². The number of aliphatic hydroxyl groups excluding tert-OH is 1. The van der Waals surface area contributed by atoms with E-state index in [-0.39, 0.29) is 33.0 Å². The average molecular weight is 678 g/mol. The van der Waals surface area contributed by atoms with Gasteiger partial charge in [0, 0.05) is 7.05 Å². The maximum Gasteiger partial charge on any atom is 0.475 e. The maximum atomic E-state index is 14.0. The van der Waals surface area contributed by atoms with Gasteiger partial charge in [0.15, 0.2) is 6.04 Å². The molecule has 0 aliphatic heterocycles. The number of amides is 1. The van der Waals surface area contributed by atoms with Crippen LogP contribution in [0, 0.1) is 0 Å². The molecule has 12 heteroatoms. The normalized spacial score (nSPS) is 13.5. The predicted octanol–water partition coefficient (Wildman–Crippen LogP) is 6.30. The second-order valence-electron chi connectivity index (χ2n) is 10.7. The van der Waals surface area contributed by atoms with Gasteiger partial charge in [-0.25, -0.2) is 14.2 Å². The second-order valence-corrected chi connectivity index (χ2v) is 12.3. The average Bonchev–Trinajstić information content (AvgIpc) is 3.14. The number of carbonyl (C=O) groups is 2. The summed E-state index contributed by atoms with van der Waals surface area (Å²) >= 11 is 0. The number of likely N-dealkylation sites (N-methyl/N-ethyl adjacent to an activating group) is 1. The molecule has 0 aliphatic carbocycles. The lowest BCUT2D eigenvalue weighted by Gasteiger charge is -2.28. The summed E-state index contributed by atoms with van der Waals surface area (Å²) in [5, 5.41) is 9.92. The van der Waals surface area contributed by atoms with Crippen LogP contribution < -0.4 is 0 Å². The summed E-state index contributed by atoms with van der Waals surface area (Å²) in [5.41, 5.74) is 3.03. The van der Waals surface area contributed by atoms with Gasteiger partial charge in [-0.3, -0.25) is 18.5 Å². The highest BCUT2D eigenvalue weighted by Crippen LogP contribution is 2.50. The van der Waals surface area contributed by atoms with Crippen LogP contribution in [0.2, 0.25) is 0 Å². The molecule has 0 radical (unpaired) electrons. The van der Waals surface area contributed by atoms with E-state index >= 15 is 0 Å². The van der Waals surface area contributed by atoms with Crippen molar-refractivity contribution >= 4 is 19.9 Å². The van der Waals surface area contributed by atoms with Crippen LogP contribution in [0.5, 0.6) is 0 Å². The SMILES string of the molecule is CN(C(=O)OCc1ccccc1)[C@@H](COP(=O)(OCc1ccccc1)OC[C@@H](CO)OCc1ccccc1)C(=O)OCc1ccccc1. The fourth-order valence-electron chi connectivity index (χ4n) is 4.23. The number of hydrogen-bond acceptors (Lipinski definition) is 10. The van der Waals surface area contributed by atoms with Crippen LogP contribution in [0.15, 0.2) is 121 Å². The third-order valence-electron chi connectivity index (χ3n) is 7.03. The molecule has 0 aliphatic rings. The van der Waals surface area contributed by atoms with E-state index in [4.69, 9.17) is 27.8 Å². The minimum atomic E-state index is -4.43. The van der Waals surface area contributed by atoms with Crippen LogP contribution in [-0.4, -0.2) is 61.1 Å². The third-order valence-corrected chi connectivity index (χ3v) is 8.41. The van der Waals surface area contributed by atoms with Gasteiger partial charge in [-0.2, -0.15) is 0 Å². The molecule has 0 bridgehead atoms. The molecule has 3 atom stereocenters. The lowest BCUT2D eigenvalue weighted by molar-refractivity contribution is -0.151. The van der Waals surface area contributed by atoms with Crippen molar-refractivity contribution in [3.63, 3.8) is 0 Å². The van der Waals surface area contributed by atoms with Crippen LogP contribution in [0.25, 0.3) is 0 Å². The van der Waals surface area contributed by atoms with Gasteiger partial charge >= 0.3 is 19.9 Å². The Morgan fingerprint density at radius 1 is 0.625 bits per heavy atom. The first kappa shape index (κ1) is 36.5. The number of rotatable bonds is 19. The Morgan fingerprint density at radius 2 is 1.06 bits per heavy atom. The molecule has 48 heavy (non-hydrogen) atoms. The van der Waals surface area contributed by atoms with Crippen molar-refractivity contribution in [1.82, 2.24) is 4.90 Å². The van der Waals surface area contributed by atoms with Gasteiger partial charge in [-0.05, 0) is 22.3 Å². The zero-order chi connectivity index (χ0) is 34.0. The number of aliphatic hydroxyl groups is 1. The van der Waals surface area contributed by atoms with E-state index in [9.17, 15) is 19.3 Å². The molecular formula is C36H40NO10P. The molecule has 1 N–H and O–H groups in total. The highest BCUT2D eigenvalue weighted by molar-refractivity contribution is 7.48. The number of esters is 1. The van der Waals surface area contributed by atoms with E-state index in [2.05, 4.69) is 0 Å². The molecule has 254 valence electrons. The maximum absolute atomic E-state index is 14.0. The minimum absolute atomic E-state index is 0.0377. The number of phosphoric ester groups is 1. The molecule has 0 saturated carbocycles. The van der Waals surface area contributed by atoms with E-state index in [1.165, 1.54) is 7.05 Å². The summed E-state index contributed by atoms with van der Waals surface area (Å²) in [5.74, 6) is -0.827. The van der Waals surface area contributed by atoms with Gasteiger partial charge in [0.2, 0.25) is 0 Å². The quantitative estimate of drug-likeness (QED) is 0.0891. The van der Waals surface area contributed by atoms with Crippen LogP contribution in [0.3, 0.4) is 0 Å². The number of nitrogens with zero attached hydrogens (tertiary/aromatic N) is 1. The Hall–Kier alpha value is -4.35. The number of ether oxygens (including phenoxy) is 3. The van der Waals surface area contributed by atoms with Crippen LogP contribution in [-0.2, 0) is 63.6 Å². The predicted molar refractivity (Wildman–Crippen MR) is 177 cm³/mol. The first-order valence-electron chi connectivity index (χ1n) is 15.3. The lowest BCUT2D eigenvalue weighted by Crippen LogP contribution is -2.46. The molecule has 11 nitrogen and oxygen atoms in total. The smallest absolute Gasteiger partial charge is 0.459 e. The number of benzene rings is 4. The zero-order valence-corrected chi connectivity index (χ0v) is 27.6.